The van der Waals surface area contributed by atoms with Crippen molar-refractivity contribution in [3.05, 3.63) is 34.9 Å². The molecular formula is C13H18ClNO. The zero-order valence-corrected chi connectivity index (χ0v) is 10.8. The minimum absolute atomic E-state index is 0.123. The van der Waals surface area contributed by atoms with Crippen LogP contribution in [0.1, 0.15) is 31.1 Å². The normalized spacial score (nSPS) is 11.1. The number of carbonyl (C=O) groups is 1. The molecule has 1 rings (SSSR count). The summed E-state index contributed by atoms with van der Waals surface area (Å²) in [5, 5.41) is 0.610. The number of hydrogen-bond donors (Lipinski definition) is 0. The average Bonchev–Trinajstić information content (AvgIpc) is 2.25. The van der Waals surface area contributed by atoms with Crippen molar-refractivity contribution in [3.8, 4) is 0 Å². The molecule has 0 saturated heterocycles. The van der Waals surface area contributed by atoms with Crippen molar-refractivity contribution in [3.63, 3.8) is 0 Å². The zero-order valence-electron chi connectivity index (χ0n) is 10.0. The van der Waals surface area contributed by atoms with Crippen LogP contribution in [0, 0.1) is 0 Å². The van der Waals surface area contributed by atoms with Crippen LogP contribution < -0.4 is 0 Å². The summed E-state index contributed by atoms with van der Waals surface area (Å²) in [6.45, 7) is 7.58. The van der Waals surface area contributed by atoms with Gasteiger partial charge in [0.25, 0.3) is 0 Å². The third-order valence-electron chi connectivity index (χ3n) is 2.63. The van der Waals surface area contributed by atoms with Gasteiger partial charge in [-0.05, 0) is 32.5 Å². The topological polar surface area (TPSA) is 20.3 Å². The molecule has 2 nitrogen and oxygen atoms in total. The van der Waals surface area contributed by atoms with E-state index >= 15 is 0 Å². The molecule has 88 valence electrons. The maximum absolute atomic E-state index is 12.0. The van der Waals surface area contributed by atoms with Crippen LogP contribution >= 0.6 is 11.6 Å². The first kappa shape index (κ1) is 13.2. The number of benzene rings is 1. The quantitative estimate of drug-likeness (QED) is 0.736. The van der Waals surface area contributed by atoms with Crippen LogP contribution in [0.15, 0.2) is 24.3 Å². The van der Waals surface area contributed by atoms with Crippen molar-refractivity contribution in [2.24, 2.45) is 0 Å². The molecule has 0 heterocycles. The fourth-order valence-corrected chi connectivity index (χ4v) is 1.79. The van der Waals surface area contributed by atoms with Crippen LogP contribution in [0.2, 0.25) is 5.02 Å². The maximum atomic E-state index is 12.0. The SMILES string of the molecule is CCN(CC(=O)c1cccc(Cl)c1)C(C)C. The lowest BCUT2D eigenvalue weighted by molar-refractivity contribution is 0.0911. The fourth-order valence-electron chi connectivity index (χ4n) is 1.60. The lowest BCUT2D eigenvalue weighted by Crippen LogP contribution is -2.35. The van der Waals surface area contributed by atoms with Crippen LogP contribution in [0.3, 0.4) is 0 Å². The number of likely N-dealkylation sites (N-methyl/N-ethyl adjacent to an activating group) is 1. The third kappa shape index (κ3) is 3.62. The number of carbonyl (C=O) groups excluding carboxylic acids is 1. The Hall–Kier alpha value is -0.860. The minimum Gasteiger partial charge on any atom is -0.294 e. The highest BCUT2D eigenvalue weighted by Gasteiger charge is 2.13. The van der Waals surface area contributed by atoms with E-state index in [1.807, 2.05) is 6.07 Å². The second kappa shape index (κ2) is 6.02. The van der Waals surface area contributed by atoms with Gasteiger partial charge in [0, 0.05) is 16.6 Å². The highest BCUT2D eigenvalue weighted by molar-refractivity contribution is 6.31. The predicted molar refractivity (Wildman–Crippen MR) is 68.2 cm³/mol. The van der Waals surface area contributed by atoms with Gasteiger partial charge in [0.15, 0.2) is 5.78 Å². The third-order valence-corrected chi connectivity index (χ3v) is 2.86. The van der Waals surface area contributed by atoms with Crippen molar-refractivity contribution < 1.29 is 4.79 Å². The van der Waals surface area contributed by atoms with Gasteiger partial charge < -0.3 is 0 Å². The summed E-state index contributed by atoms with van der Waals surface area (Å²) in [6.07, 6.45) is 0. The van der Waals surface area contributed by atoms with E-state index in [2.05, 4.69) is 25.7 Å². The Morgan fingerprint density at radius 1 is 1.44 bits per heavy atom. The number of halogens is 1. The molecule has 0 amide bonds. The number of nitrogens with zero attached hydrogens (tertiary/aromatic N) is 1. The second-order valence-electron chi connectivity index (χ2n) is 4.09. The minimum atomic E-state index is 0.123. The lowest BCUT2D eigenvalue weighted by atomic mass is 10.1. The Balaban J connectivity index is 2.72. The van der Waals surface area contributed by atoms with Gasteiger partial charge in [-0.3, -0.25) is 9.69 Å². The molecule has 0 atom stereocenters. The van der Waals surface area contributed by atoms with Gasteiger partial charge in [0.05, 0.1) is 6.54 Å². The highest BCUT2D eigenvalue weighted by atomic mass is 35.5. The molecule has 0 fully saturated rings. The molecule has 0 aliphatic carbocycles. The average molecular weight is 240 g/mol. The predicted octanol–water partition coefficient (Wildman–Crippen LogP) is 3.25. The van der Waals surface area contributed by atoms with E-state index < -0.39 is 0 Å². The number of Topliss-reactive ketones (excluding diaryl/α,β-unsaturated/α-hetero) is 1. The molecule has 0 N–H and O–H groups in total. The van der Waals surface area contributed by atoms with Gasteiger partial charge in [0.2, 0.25) is 0 Å². The van der Waals surface area contributed by atoms with E-state index in [4.69, 9.17) is 11.6 Å². The summed E-state index contributed by atoms with van der Waals surface area (Å²) in [5.41, 5.74) is 0.687. The van der Waals surface area contributed by atoms with Crippen LogP contribution in [0.4, 0.5) is 0 Å². The van der Waals surface area contributed by atoms with Gasteiger partial charge >= 0.3 is 0 Å². The van der Waals surface area contributed by atoms with Gasteiger partial charge in [-0.15, -0.1) is 0 Å². The zero-order chi connectivity index (χ0) is 12.1. The summed E-state index contributed by atoms with van der Waals surface area (Å²) in [5.74, 6) is 0.123. The molecule has 0 aromatic heterocycles. The number of hydrogen-bond acceptors (Lipinski definition) is 2. The smallest absolute Gasteiger partial charge is 0.176 e. The summed E-state index contributed by atoms with van der Waals surface area (Å²) >= 11 is 5.86. The molecule has 0 unspecified atom stereocenters. The van der Waals surface area contributed by atoms with Crippen molar-refractivity contribution >= 4 is 17.4 Å². The highest BCUT2D eigenvalue weighted by Crippen LogP contribution is 2.12. The summed E-state index contributed by atoms with van der Waals surface area (Å²) in [6, 6.07) is 7.49. The molecule has 0 aliphatic heterocycles. The van der Waals surface area contributed by atoms with E-state index in [-0.39, 0.29) is 5.78 Å². The summed E-state index contributed by atoms with van der Waals surface area (Å²) < 4.78 is 0. The van der Waals surface area contributed by atoms with Crippen LogP contribution in [-0.2, 0) is 0 Å². The Kier molecular flexibility index (Phi) is 4.97. The number of rotatable bonds is 5. The van der Waals surface area contributed by atoms with Crippen molar-refractivity contribution in [1.82, 2.24) is 4.90 Å². The summed E-state index contributed by atoms with van der Waals surface area (Å²) in [7, 11) is 0. The fraction of sp³-hybridized carbons (Fsp3) is 0.462. The van der Waals surface area contributed by atoms with E-state index in [1.165, 1.54) is 0 Å². The summed E-state index contributed by atoms with van der Waals surface area (Å²) in [4.78, 5) is 14.1. The standard InChI is InChI=1S/C13H18ClNO/c1-4-15(10(2)3)9-13(16)11-6-5-7-12(14)8-11/h5-8,10H,4,9H2,1-3H3. The Morgan fingerprint density at radius 3 is 2.62 bits per heavy atom. The molecule has 0 spiro atoms. The molecule has 3 heteroatoms. The van der Waals surface area contributed by atoms with E-state index in [9.17, 15) is 4.79 Å². The van der Waals surface area contributed by atoms with Gasteiger partial charge in [-0.1, -0.05) is 30.7 Å². The Bertz CT molecular complexity index is 363. The van der Waals surface area contributed by atoms with E-state index in [1.54, 1.807) is 18.2 Å². The van der Waals surface area contributed by atoms with Gasteiger partial charge in [0.1, 0.15) is 0 Å². The van der Waals surface area contributed by atoms with Gasteiger partial charge in [-0.2, -0.15) is 0 Å². The van der Waals surface area contributed by atoms with Crippen molar-refractivity contribution in [2.45, 2.75) is 26.8 Å². The molecule has 0 saturated carbocycles. The van der Waals surface area contributed by atoms with Crippen molar-refractivity contribution in [2.75, 3.05) is 13.1 Å². The maximum Gasteiger partial charge on any atom is 0.176 e. The van der Waals surface area contributed by atoms with Gasteiger partial charge in [-0.25, -0.2) is 0 Å². The first-order valence-corrected chi connectivity index (χ1v) is 5.95. The second-order valence-corrected chi connectivity index (χ2v) is 4.53. The number of ketones is 1. The Labute approximate surface area is 102 Å². The van der Waals surface area contributed by atoms with Crippen LogP contribution in [-0.4, -0.2) is 29.8 Å². The first-order valence-electron chi connectivity index (χ1n) is 5.57. The van der Waals surface area contributed by atoms with E-state index in [0.29, 0.717) is 23.2 Å². The molecular weight excluding hydrogens is 222 g/mol. The van der Waals surface area contributed by atoms with E-state index in [0.717, 1.165) is 6.54 Å². The molecule has 0 bridgehead atoms. The molecule has 0 aliphatic rings. The molecule has 0 radical (unpaired) electrons. The molecule has 1 aromatic rings. The molecule has 1 aromatic carbocycles. The largest absolute Gasteiger partial charge is 0.294 e. The van der Waals surface area contributed by atoms with Crippen molar-refractivity contribution in [1.29, 1.82) is 0 Å². The lowest BCUT2D eigenvalue weighted by Gasteiger charge is -2.23. The molecule has 16 heavy (non-hydrogen) atoms. The van der Waals surface area contributed by atoms with Crippen LogP contribution in [0.5, 0.6) is 0 Å². The first-order chi connectivity index (χ1) is 7.54. The monoisotopic (exact) mass is 239 g/mol. The van der Waals surface area contributed by atoms with Crippen LogP contribution in [0.25, 0.3) is 0 Å². The Morgan fingerprint density at radius 2 is 2.12 bits per heavy atom.